The van der Waals surface area contributed by atoms with Crippen molar-refractivity contribution in [2.24, 2.45) is 5.92 Å². The fourth-order valence-corrected chi connectivity index (χ4v) is 5.22. The molecule has 0 bridgehead atoms. The van der Waals surface area contributed by atoms with Crippen LogP contribution in [0.1, 0.15) is 67.2 Å². The molecule has 3 aromatic carbocycles. The Kier molecular flexibility index (Phi) is 7.96. The molecule has 4 rings (SSSR count). The third-order valence-electron chi connectivity index (χ3n) is 7.22. The lowest BCUT2D eigenvalue weighted by Crippen LogP contribution is -2.34. The minimum absolute atomic E-state index is 0.147. The molecule has 0 saturated carbocycles. The van der Waals surface area contributed by atoms with Crippen LogP contribution in [0.3, 0.4) is 0 Å². The summed E-state index contributed by atoms with van der Waals surface area (Å²) in [6.45, 7) is 7.54. The molecular formula is C31H34F3NO2. The Morgan fingerprint density at radius 1 is 1.00 bits per heavy atom. The fourth-order valence-electron chi connectivity index (χ4n) is 5.22. The summed E-state index contributed by atoms with van der Waals surface area (Å²) in [6.07, 6.45) is -1.96. The summed E-state index contributed by atoms with van der Waals surface area (Å²) in [5, 5.41) is 10.1. The number of carboxylic acids is 1. The average molecular weight is 510 g/mol. The summed E-state index contributed by atoms with van der Waals surface area (Å²) < 4.78 is 39.1. The average Bonchev–Trinajstić information content (AvgIpc) is 2.87. The molecular weight excluding hydrogens is 475 g/mol. The van der Waals surface area contributed by atoms with Crippen LogP contribution in [0, 0.1) is 12.8 Å². The van der Waals surface area contributed by atoms with E-state index in [0.717, 1.165) is 65.0 Å². The Morgan fingerprint density at radius 3 is 2.27 bits per heavy atom. The highest BCUT2D eigenvalue weighted by molar-refractivity contribution is 5.78. The number of carboxylic acid groups (broad SMARTS) is 1. The van der Waals surface area contributed by atoms with E-state index in [2.05, 4.69) is 35.2 Å². The number of aliphatic carboxylic acids is 1. The van der Waals surface area contributed by atoms with Gasteiger partial charge in [-0.05, 0) is 78.6 Å². The van der Waals surface area contributed by atoms with E-state index in [1.165, 1.54) is 0 Å². The molecule has 1 heterocycles. The van der Waals surface area contributed by atoms with Crippen molar-refractivity contribution in [2.45, 2.75) is 58.0 Å². The summed E-state index contributed by atoms with van der Waals surface area (Å²) in [4.78, 5) is 14.4. The number of anilines is 1. The normalized spacial score (nSPS) is 17.2. The largest absolute Gasteiger partial charge is 0.481 e. The number of aryl methyl sites for hydroxylation is 1. The van der Waals surface area contributed by atoms with Crippen molar-refractivity contribution in [1.82, 2.24) is 0 Å². The van der Waals surface area contributed by atoms with E-state index < -0.39 is 23.6 Å². The van der Waals surface area contributed by atoms with Gasteiger partial charge in [0.15, 0.2) is 0 Å². The molecule has 3 aromatic rings. The molecule has 0 spiro atoms. The molecule has 1 fully saturated rings. The van der Waals surface area contributed by atoms with Crippen LogP contribution in [0.2, 0.25) is 0 Å². The van der Waals surface area contributed by atoms with Gasteiger partial charge in [0.2, 0.25) is 0 Å². The van der Waals surface area contributed by atoms with Crippen LogP contribution < -0.4 is 4.90 Å². The Balaban J connectivity index is 1.69. The first kappa shape index (κ1) is 26.8. The van der Waals surface area contributed by atoms with E-state index in [9.17, 15) is 23.1 Å². The van der Waals surface area contributed by atoms with Gasteiger partial charge in [0.1, 0.15) is 0 Å². The molecule has 2 unspecified atom stereocenters. The zero-order chi connectivity index (χ0) is 26.7. The standard InChI is InChI=1S/C31H34F3NO2/c1-20(2)15-29(30(36)37)26-17-24(22-8-6-21(3)7-9-22)16-25(18-26)23-5-4-14-35(19-23)28-12-10-27(11-13-28)31(32,33)34/h6-13,16-18,20,23,29H,4-5,14-15,19H2,1-3H3,(H,36,37). The highest BCUT2D eigenvalue weighted by Gasteiger charge is 2.31. The molecule has 0 aromatic heterocycles. The van der Waals surface area contributed by atoms with E-state index in [0.29, 0.717) is 13.0 Å². The topological polar surface area (TPSA) is 40.5 Å². The minimum Gasteiger partial charge on any atom is -0.481 e. The van der Waals surface area contributed by atoms with Crippen molar-refractivity contribution < 1.29 is 23.1 Å². The second-order valence-electron chi connectivity index (χ2n) is 10.6. The Labute approximate surface area is 216 Å². The maximum absolute atomic E-state index is 13.0. The molecule has 3 nitrogen and oxygen atoms in total. The van der Waals surface area contributed by atoms with Crippen molar-refractivity contribution in [3.05, 3.63) is 89.0 Å². The molecule has 1 aliphatic heterocycles. The van der Waals surface area contributed by atoms with Crippen LogP contribution in [0.15, 0.2) is 66.7 Å². The van der Waals surface area contributed by atoms with E-state index in [1.54, 1.807) is 12.1 Å². The van der Waals surface area contributed by atoms with Crippen LogP contribution in [-0.2, 0) is 11.0 Å². The number of alkyl halides is 3. The van der Waals surface area contributed by atoms with Crippen LogP contribution in [0.25, 0.3) is 11.1 Å². The molecule has 2 atom stereocenters. The summed E-state index contributed by atoms with van der Waals surface area (Å²) in [5.74, 6) is -1.04. The predicted molar refractivity (Wildman–Crippen MR) is 142 cm³/mol. The lowest BCUT2D eigenvalue weighted by atomic mass is 9.83. The van der Waals surface area contributed by atoms with Gasteiger partial charge in [-0.25, -0.2) is 0 Å². The van der Waals surface area contributed by atoms with Crippen molar-refractivity contribution in [2.75, 3.05) is 18.0 Å². The molecule has 6 heteroatoms. The second kappa shape index (κ2) is 11.0. The van der Waals surface area contributed by atoms with Crippen molar-refractivity contribution in [1.29, 1.82) is 0 Å². The van der Waals surface area contributed by atoms with E-state index in [-0.39, 0.29) is 11.8 Å². The van der Waals surface area contributed by atoms with Crippen LogP contribution in [0.5, 0.6) is 0 Å². The summed E-state index contributed by atoms with van der Waals surface area (Å²) >= 11 is 0. The highest BCUT2D eigenvalue weighted by Crippen LogP contribution is 2.37. The van der Waals surface area contributed by atoms with Crippen molar-refractivity contribution in [3.8, 4) is 11.1 Å². The van der Waals surface area contributed by atoms with Gasteiger partial charge in [0.25, 0.3) is 0 Å². The van der Waals surface area contributed by atoms with E-state index in [4.69, 9.17) is 0 Å². The Hall–Kier alpha value is -3.28. The third-order valence-corrected chi connectivity index (χ3v) is 7.22. The highest BCUT2D eigenvalue weighted by atomic mass is 19.4. The monoisotopic (exact) mass is 509 g/mol. The first-order valence-electron chi connectivity index (χ1n) is 12.9. The maximum atomic E-state index is 13.0. The number of piperidine rings is 1. The molecule has 1 aliphatic rings. The molecule has 1 N–H and O–H groups in total. The summed E-state index contributed by atoms with van der Waals surface area (Å²) in [5.41, 5.74) is 5.20. The zero-order valence-corrected chi connectivity index (χ0v) is 21.6. The number of carbonyl (C=O) groups is 1. The minimum atomic E-state index is -4.35. The van der Waals surface area contributed by atoms with Gasteiger partial charge < -0.3 is 10.0 Å². The molecule has 1 saturated heterocycles. The first-order valence-corrected chi connectivity index (χ1v) is 12.9. The van der Waals surface area contributed by atoms with Gasteiger partial charge in [-0.1, -0.05) is 61.9 Å². The number of halogens is 3. The number of nitrogens with zero attached hydrogens (tertiary/aromatic N) is 1. The molecule has 0 radical (unpaired) electrons. The summed E-state index contributed by atoms with van der Waals surface area (Å²) in [6, 6.07) is 19.8. The summed E-state index contributed by atoms with van der Waals surface area (Å²) in [7, 11) is 0. The van der Waals surface area contributed by atoms with Crippen LogP contribution in [0.4, 0.5) is 18.9 Å². The van der Waals surface area contributed by atoms with Crippen LogP contribution >= 0.6 is 0 Å². The van der Waals surface area contributed by atoms with Gasteiger partial charge in [-0.15, -0.1) is 0 Å². The number of hydrogen-bond acceptors (Lipinski definition) is 2. The first-order chi connectivity index (χ1) is 17.5. The Bertz CT molecular complexity index is 1220. The van der Waals surface area contributed by atoms with Gasteiger partial charge in [0.05, 0.1) is 11.5 Å². The molecule has 37 heavy (non-hydrogen) atoms. The zero-order valence-electron chi connectivity index (χ0n) is 21.6. The third kappa shape index (κ3) is 6.54. The van der Waals surface area contributed by atoms with Crippen molar-refractivity contribution in [3.63, 3.8) is 0 Å². The second-order valence-corrected chi connectivity index (χ2v) is 10.6. The van der Waals surface area contributed by atoms with Crippen LogP contribution in [-0.4, -0.2) is 24.2 Å². The van der Waals surface area contributed by atoms with E-state index in [1.807, 2.05) is 32.9 Å². The molecule has 0 amide bonds. The van der Waals surface area contributed by atoms with Gasteiger partial charge in [-0.3, -0.25) is 4.79 Å². The number of benzene rings is 3. The maximum Gasteiger partial charge on any atom is 0.416 e. The van der Waals surface area contributed by atoms with Gasteiger partial charge in [0, 0.05) is 24.7 Å². The van der Waals surface area contributed by atoms with Gasteiger partial charge >= 0.3 is 12.1 Å². The van der Waals surface area contributed by atoms with E-state index >= 15 is 0 Å². The number of hydrogen-bond donors (Lipinski definition) is 1. The number of rotatable bonds is 7. The smallest absolute Gasteiger partial charge is 0.416 e. The quantitative estimate of drug-likeness (QED) is 0.348. The SMILES string of the molecule is Cc1ccc(-c2cc(C3CCCN(c4ccc(C(F)(F)F)cc4)C3)cc(C(CC(C)C)C(=O)O)c2)cc1. The fraction of sp³-hybridized carbons (Fsp3) is 0.387. The Morgan fingerprint density at radius 2 is 1.68 bits per heavy atom. The van der Waals surface area contributed by atoms with Gasteiger partial charge in [-0.2, -0.15) is 13.2 Å². The van der Waals surface area contributed by atoms with Crippen molar-refractivity contribution >= 4 is 11.7 Å². The molecule has 196 valence electrons. The lowest BCUT2D eigenvalue weighted by Gasteiger charge is -2.35. The predicted octanol–water partition coefficient (Wildman–Crippen LogP) is 8.28. The molecule has 0 aliphatic carbocycles. The lowest BCUT2D eigenvalue weighted by molar-refractivity contribution is -0.139.